The quantitative estimate of drug-likeness (QED) is 0.427. The van der Waals surface area contributed by atoms with Gasteiger partial charge in [0.25, 0.3) is 5.69 Å². The summed E-state index contributed by atoms with van der Waals surface area (Å²) < 4.78 is 17.3. The van der Waals surface area contributed by atoms with Crippen LogP contribution >= 0.6 is 0 Å². The van der Waals surface area contributed by atoms with Crippen LogP contribution in [-0.2, 0) is 4.74 Å². The minimum atomic E-state index is -0.840. The largest absolute Gasteiger partial charge is 0.465 e. The number of carbonyl (C=O) groups excluding carboxylic acids is 1. The van der Waals surface area contributed by atoms with Crippen molar-refractivity contribution in [1.82, 2.24) is 0 Å². The molecule has 0 heterocycles. The molecule has 1 aromatic rings. The molecule has 0 aliphatic rings. The summed E-state index contributed by atoms with van der Waals surface area (Å²) >= 11 is 0. The number of nitro benzene ring substituents is 1. The van der Waals surface area contributed by atoms with Crippen molar-refractivity contribution in [3.63, 3.8) is 0 Å². The van der Waals surface area contributed by atoms with Gasteiger partial charge in [0.1, 0.15) is 5.82 Å². The lowest BCUT2D eigenvalue weighted by Gasteiger charge is -2.04. The summed E-state index contributed by atoms with van der Waals surface area (Å²) in [4.78, 5) is 20.9. The Hall–Kier alpha value is -1.98. The van der Waals surface area contributed by atoms with Crippen LogP contribution in [0.2, 0.25) is 0 Å². The summed E-state index contributed by atoms with van der Waals surface area (Å²) in [5.41, 5.74) is -0.479. The van der Waals surface area contributed by atoms with E-state index in [1.54, 1.807) is 0 Å². The Kier molecular flexibility index (Phi) is 2.99. The summed E-state index contributed by atoms with van der Waals surface area (Å²) in [6, 6.07) is 1.68. The average Bonchev–Trinajstić information content (AvgIpc) is 2.19. The molecule has 0 fully saturated rings. The van der Waals surface area contributed by atoms with Crippen LogP contribution in [0.5, 0.6) is 0 Å². The zero-order chi connectivity index (χ0) is 11.6. The number of nitrogens with zero attached hydrogens (tertiary/aromatic N) is 1. The van der Waals surface area contributed by atoms with E-state index < -0.39 is 22.4 Å². The minimum absolute atomic E-state index is 0.0910. The Balaban J connectivity index is 3.41. The molecule has 0 saturated heterocycles. The number of halogens is 1. The van der Waals surface area contributed by atoms with E-state index in [1.165, 1.54) is 6.92 Å². The highest BCUT2D eigenvalue weighted by molar-refractivity contribution is 5.92. The first-order valence-electron chi connectivity index (χ1n) is 4.00. The molecule has 0 atom stereocenters. The predicted octanol–water partition coefficient (Wildman–Crippen LogP) is 1.83. The predicted molar refractivity (Wildman–Crippen MR) is 49.1 cm³/mol. The smallest absolute Gasteiger partial charge is 0.338 e. The second kappa shape index (κ2) is 4.04. The molecule has 1 aromatic carbocycles. The molecule has 80 valence electrons. The molecular weight excluding hydrogens is 205 g/mol. The molecule has 6 heteroatoms. The number of ether oxygens (including phenoxy) is 1. The fourth-order valence-corrected chi connectivity index (χ4v) is 1.18. The van der Waals surface area contributed by atoms with Gasteiger partial charge in [-0.3, -0.25) is 10.1 Å². The molecular formula is C9H8FNO4. The topological polar surface area (TPSA) is 69.4 Å². The monoisotopic (exact) mass is 213 g/mol. The van der Waals surface area contributed by atoms with Gasteiger partial charge in [-0.15, -0.1) is 0 Å². The lowest BCUT2D eigenvalue weighted by molar-refractivity contribution is -0.385. The summed E-state index contributed by atoms with van der Waals surface area (Å²) in [7, 11) is 1.12. The number of hydrogen-bond donors (Lipinski definition) is 0. The van der Waals surface area contributed by atoms with Crippen molar-refractivity contribution in [2.45, 2.75) is 6.92 Å². The third-order valence-corrected chi connectivity index (χ3v) is 1.95. The maximum absolute atomic E-state index is 13.0. The summed E-state index contributed by atoms with van der Waals surface area (Å²) in [6.07, 6.45) is 0. The lowest BCUT2D eigenvalue weighted by Crippen LogP contribution is -2.06. The molecule has 5 nitrogen and oxygen atoms in total. The van der Waals surface area contributed by atoms with Crippen LogP contribution in [0.3, 0.4) is 0 Å². The molecule has 0 spiro atoms. The fourth-order valence-electron chi connectivity index (χ4n) is 1.18. The third-order valence-electron chi connectivity index (χ3n) is 1.95. The Morgan fingerprint density at radius 2 is 2.13 bits per heavy atom. The highest BCUT2D eigenvalue weighted by Gasteiger charge is 2.20. The number of esters is 1. The van der Waals surface area contributed by atoms with Crippen LogP contribution < -0.4 is 0 Å². The van der Waals surface area contributed by atoms with Gasteiger partial charge in [-0.05, 0) is 13.0 Å². The van der Waals surface area contributed by atoms with Crippen LogP contribution in [0.25, 0.3) is 0 Å². The van der Waals surface area contributed by atoms with Gasteiger partial charge in [0, 0.05) is 5.56 Å². The van der Waals surface area contributed by atoms with E-state index in [4.69, 9.17) is 0 Å². The zero-order valence-electron chi connectivity index (χ0n) is 8.11. The molecule has 0 bridgehead atoms. The first-order chi connectivity index (χ1) is 6.97. The van der Waals surface area contributed by atoms with Crippen molar-refractivity contribution in [3.8, 4) is 0 Å². The van der Waals surface area contributed by atoms with E-state index in [2.05, 4.69) is 4.74 Å². The molecule has 0 aliphatic heterocycles. The number of nitro groups is 1. The average molecular weight is 213 g/mol. The number of rotatable bonds is 2. The molecule has 0 amide bonds. The number of hydrogen-bond acceptors (Lipinski definition) is 4. The maximum atomic E-state index is 13.0. The first kappa shape index (κ1) is 11.1. The molecule has 0 radical (unpaired) electrons. The van der Waals surface area contributed by atoms with Crippen LogP contribution in [-0.4, -0.2) is 18.0 Å². The van der Waals surface area contributed by atoms with Crippen molar-refractivity contribution in [3.05, 3.63) is 39.2 Å². The summed E-state index contributed by atoms with van der Waals surface area (Å²) in [5.74, 6) is -1.64. The Labute approximate surface area is 84.6 Å². The second-order valence-corrected chi connectivity index (χ2v) is 2.85. The molecule has 0 aliphatic carbocycles. The van der Waals surface area contributed by atoms with Crippen molar-refractivity contribution >= 4 is 11.7 Å². The van der Waals surface area contributed by atoms with E-state index in [0.29, 0.717) is 0 Å². The Morgan fingerprint density at radius 1 is 1.53 bits per heavy atom. The fraction of sp³-hybridized carbons (Fsp3) is 0.222. The van der Waals surface area contributed by atoms with Gasteiger partial charge in [-0.2, -0.15) is 0 Å². The standard InChI is InChI=1S/C9H8FNO4/c1-5-7(9(12)15-2)3-6(10)4-8(5)11(13)14/h3-4H,1-2H3. The molecule has 0 saturated carbocycles. The Bertz CT molecular complexity index is 430. The number of carbonyl (C=O) groups is 1. The molecule has 15 heavy (non-hydrogen) atoms. The minimum Gasteiger partial charge on any atom is -0.465 e. The molecule has 0 unspecified atom stereocenters. The Morgan fingerprint density at radius 3 is 2.60 bits per heavy atom. The van der Waals surface area contributed by atoms with E-state index >= 15 is 0 Å². The maximum Gasteiger partial charge on any atom is 0.338 e. The third kappa shape index (κ3) is 2.09. The van der Waals surface area contributed by atoms with Crippen molar-refractivity contribution in [2.24, 2.45) is 0 Å². The van der Waals surface area contributed by atoms with Gasteiger partial charge in [0.2, 0.25) is 0 Å². The van der Waals surface area contributed by atoms with E-state index in [0.717, 1.165) is 19.2 Å². The molecule has 1 rings (SSSR count). The summed E-state index contributed by atoms with van der Waals surface area (Å²) in [6.45, 7) is 1.36. The number of benzene rings is 1. The van der Waals surface area contributed by atoms with Gasteiger partial charge in [0.05, 0.1) is 23.7 Å². The highest BCUT2D eigenvalue weighted by atomic mass is 19.1. The number of methoxy groups -OCH3 is 1. The van der Waals surface area contributed by atoms with E-state index in [9.17, 15) is 19.3 Å². The zero-order valence-corrected chi connectivity index (χ0v) is 8.11. The van der Waals surface area contributed by atoms with Crippen LogP contribution in [0.4, 0.5) is 10.1 Å². The van der Waals surface area contributed by atoms with E-state index in [-0.39, 0.29) is 11.1 Å². The van der Waals surface area contributed by atoms with Gasteiger partial charge < -0.3 is 4.74 Å². The van der Waals surface area contributed by atoms with Crippen LogP contribution in [0.15, 0.2) is 12.1 Å². The first-order valence-corrected chi connectivity index (χ1v) is 4.00. The molecule has 0 aromatic heterocycles. The van der Waals surface area contributed by atoms with Gasteiger partial charge >= 0.3 is 5.97 Å². The van der Waals surface area contributed by atoms with Crippen LogP contribution in [0, 0.1) is 22.9 Å². The summed E-state index contributed by atoms with van der Waals surface area (Å²) in [5, 5.41) is 10.5. The van der Waals surface area contributed by atoms with Crippen molar-refractivity contribution in [2.75, 3.05) is 7.11 Å². The normalized spacial score (nSPS) is 9.80. The second-order valence-electron chi connectivity index (χ2n) is 2.85. The van der Waals surface area contributed by atoms with Crippen LogP contribution in [0.1, 0.15) is 15.9 Å². The van der Waals surface area contributed by atoms with Crippen molar-refractivity contribution < 1.29 is 18.8 Å². The lowest BCUT2D eigenvalue weighted by atomic mass is 10.1. The van der Waals surface area contributed by atoms with Gasteiger partial charge in [-0.25, -0.2) is 9.18 Å². The van der Waals surface area contributed by atoms with Gasteiger partial charge in [-0.1, -0.05) is 0 Å². The van der Waals surface area contributed by atoms with Crippen molar-refractivity contribution in [1.29, 1.82) is 0 Å². The molecule has 0 N–H and O–H groups in total. The SMILES string of the molecule is COC(=O)c1cc(F)cc([N+](=O)[O-])c1C. The van der Waals surface area contributed by atoms with E-state index in [1.807, 2.05) is 0 Å². The highest BCUT2D eigenvalue weighted by Crippen LogP contribution is 2.23. The van der Waals surface area contributed by atoms with Gasteiger partial charge in [0.15, 0.2) is 0 Å².